The number of nitrogens with one attached hydrogen (secondary N) is 2. The fourth-order valence-electron chi connectivity index (χ4n) is 2.16. The van der Waals surface area contributed by atoms with Crippen LogP contribution in [0.15, 0.2) is 39.9 Å². The van der Waals surface area contributed by atoms with Crippen molar-refractivity contribution in [2.45, 2.75) is 10.8 Å². The Balaban J connectivity index is 0.00000225. The van der Waals surface area contributed by atoms with Gasteiger partial charge in [0.05, 0.1) is 21.4 Å². The van der Waals surface area contributed by atoms with Gasteiger partial charge in [-0.2, -0.15) is 0 Å². The number of thiazole rings is 1. The van der Waals surface area contributed by atoms with E-state index in [1.165, 1.54) is 22.7 Å². The van der Waals surface area contributed by atoms with Crippen LogP contribution in [0.25, 0.3) is 11.3 Å². The van der Waals surface area contributed by atoms with Gasteiger partial charge in [0.1, 0.15) is 5.84 Å². The maximum Gasteiger partial charge on any atom is 0.187 e. The van der Waals surface area contributed by atoms with Crippen molar-refractivity contribution >= 4 is 63.5 Å². The van der Waals surface area contributed by atoms with Crippen LogP contribution in [0.3, 0.4) is 0 Å². The molecule has 3 aromatic rings. The van der Waals surface area contributed by atoms with Crippen molar-refractivity contribution in [2.24, 2.45) is 5.73 Å². The molecule has 3 rings (SSSR count). The Kier molecular flexibility index (Phi) is 6.86. The third-order valence-electron chi connectivity index (χ3n) is 3.29. The number of rotatable bonds is 6. The molecular formula is C16H17ClN4OS3. The van der Waals surface area contributed by atoms with E-state index in [9.17, 15) is 5.11 Å². The van der Waals surface area contributed by atoms with Gasteiger partial charge in [0, 0.05) is 16.6 Å². The Morgan fingerprint density at radius 3 is 2.88 bits per heavy atom. The Morgan fingerprint density at radius 2 is 2.20 bits per heavy atom. The average molecular weight is 413 g/mol. The summed E-state index contributed by atoms with van der Waals surface area (Å²) in [7, 11) is 0. The maximum atomic E-state index is 9.22. The fourth-order valence-corrected chi connectivity index (χ4v) is 4.64. The maximum absolute atomic E-state index is 9.22. The van der Waals surface area contributed by atoms with Crippen LogP contribution in [0, 0.1) is 5.41 Å². The van der Waals surface area contributed by atoms with Gasteiger partial charge < -0.3 is 16.2 Å². The van der Waals surface area contributed by atoms with Gasteiger partial charge in [-0.3, -0.25) is 5.41 Å². The first-order valence-electron chi connectivity index (χ1n) is 7.05. The summed E-state index contributed by atoms with van der Waals surface area (Å²) in [5, 5.41) is 22.9. The van der Waals surface area contributed by atoms with E-state index in [-0.39, 0.29) is 24.8 Å². The molecule has 0 aliphatic carbocycles. The van der Waals surface area contributed by atoms with E-state index >= 15 is 0 Å². The first-order valence-corrected chi connectivity index (χ1v) is 9.97. The molecule has 0 amide bonds. The molecule has 5 nitrogen and oxygen atoms in total. The first-order chi connectivity index (χ1) is 11.6. The predicted molar refractivity (Wildman–Crippen MR) is 111 cm³/mol. The molecule has 132 valence electrons. The van der Waals surface area contributed by atoms with Gasteiger partial charge >= 0.3 is 0 Å². The molecule has 0 saturated heterocycles. The molecule has 0 fully saturated rings. The molecule has 0 aliphatic heterocycles. The van der Waals surface area contributed by atoms with Gasteiger partial charge in [-0.1, -0.05) is 12.1 Å². The number of nitrogen functional groups attached to an aromatic ring is 1. The van der Waals surface area contributed by atoms with Gasteiger partial charge in [-0.05, 0) is 30.0 Å². The second-order valence-corrected chi connectivity index (χ2v) is 7.94. The van der Waals surface area contributed by atoms with Crippen molar-refractivity contribution in [1.82, 2.24) is 4.98 Å². The third kappa shape index (κ3) is 4.53. The van der Waals surface area contributed by atoms with Crippen molar-refractivity contribution in [3.63, 3.8) is 0 Å². The van der Waals surface area contributed by atoms with Gasteiger partial charge in [-0.25, -0.2) is 4.98 Å². The molecule has 0 saturated carbocycles. The summed E-state index contributed by atoms with van der Waals surface area (Å²) in [5.41, 5.74) is 9.22. The number of aromatic nitrogens is 1. The van der Waals surface area contributed by atoms with E-state index in [4.69, 9.17) is 11.1 Å². The van der Waals surface area contributed by atoms with Crippen LogP contribution >= 0.6 is 46.8 Å². The van der Waals surface area contributed by atoms with Gasteiger partial charge in [0.15, 0.2) is 5.13 Å². The molecular weight excluding hydrogens is 396 g/mol. The first kappa shape index (κ1) is 19.7. The molecule has 0 unspecified atom stereocenters. The van der Waals surface area contributed by atoms with Crippen LogP contribution in [0.1, 0.15) is 10.4 Å². The molecule has 9 heteroatoms. The summed E-state index contributed by atoms with van der Waals surface area (Å²) < 4.78 is 1.10. The number of hydrogen-bond acceptors (Lipinski definition) is 7. The van der Waals surface area contributed by atoms with Gasteiger partial charge in [0.25, 0.3) is 0 Å². The minimum Gasteiger partial charge on any atom is -0.392 e. The monoisotopic (exact) mass is 412 g/mol. The zero-order valence-corrected chi connectivity index (χ0v) is 16.5. The average Bonchev–Trinajstić information content (AvgIpc) is 3.21. The highest BCUT2D eigenvalue weighted by Crippen LogP contribution is 2.39. The highest BCUT2D eigenvalue weighted by molar-refractivity contribution is 8.00. The lowest BCUT2D eigenvalue weighted by Gasteiger charge is -2.04. The SMILES string of the molecule is CSc1sc(C(=N)N)cc1-c1csc(Nc2cccc(CO)c2)n1.Cl. The zero-order valence-electron chi connectivity index (χ0n) is 13.3. The van der Waals surface area contributed by atoms with Crippen molar-refractivity contribution in [3.8, 4) is 11.3 Å². The lowest BCUT2D eigenvalue weighted by atomic mass is 10.2. The molecule has 2 heterocycles. The number of thioether (sulfide) groups is 1. The molecule has 1 aromatic carbocycles. The standard InChI is InChI=1S/C16H16N4OS3.ClH/c1-22-15-11(6-13(24-15)14(17)18)12-8-23-16(20-12)19-10-4-2-3-9(5-10)7-21;/h2-6,8,21H,7H2,1H3,(H3,17,18)(H,19,20);1H. The topological polar surface area (TPSA) is 95.0 Å². The van der Waals surface area contributed by atoms with Crippen LogP contribution in [-0.2, 0) is 6.61 Å². The summed E-state index contributed by atoms with van der Waals surface area (Å²) >= 11 is 4.66. The molecule has 0 spiro atoms. The number of nitrogens with zero attached hydrogens (tertiary/aromatic N) is 1. The van der Waals surface area contributed by atoms with Crippen LogP contribution in [0.2, 0.25) is 0 Å². The van der Waals surface area contributed by atoms with Crippen LogP contribution in [0.4, 0.5) is 10.8 Å². The summed E-state index contributed by atoms with van der Waals surface area (Å²) in [5.74, 6) is 0.0796. The number of hydrogen-bond donors (Lipinski definition) is 4. The van der Waals surface area contributed by atoms with Crippen LogP contribution in [-0.4, -0.2) is 22.2 Å². The number of halogens is 1. The number of amidine groups is 1. The van der Waals surface area contributed by atoms with E-state index < -0.39 is 0 Å². The molecule has 25 heavy (non-hydrogen) atoms. The Morgan fingerprint density at radius 1 is 1.40 bits per heavy atom. The molecule has 0 aliphatic rings. The molecule has 0 radical (unpaired) electrons. The number of benzene rings is 1. The number of anilines is 2. The second kappa shape index (κ2) is 8.68. The van der Waals surface area contributed by atoms with Crippen LogP contribution < -0.4 is 11.1 Å². The number of aliphatic hydroxyl groups excluding tert-OH is 1. The van der Waals surface area contributed by atoms with Crippen LogP contribution in [0.5, 0.6) is 0 Å². The third-order valence-corrected chi connectivity index (χ3v) is 6.35. The van der Waals surface area contributed by atoms with E-state index in [0.29, 0.717) is 0 Å². The highest BCUT2D eigenvalue weighted by Gasteiger charge is 2.15. The summed E-state index contributed by atoms with van der Waals surface area (Å²) in [4.78, 5) is 5.40. The minimum absolute atomic E-state index is 0. The van der Waals surface area contributed by atoms with Crippen molar-refractivity contribution in [2.75, 3.05) is 11.6 Å². The smallest absolute Gasteiger partial charge is 0.187 e. The second-order valence-electron chi connectivity index (χ2n) is 4.95. The van der Waals surface area contributed by atoms with Crippen molar-refractivity contribution in [1.29, 1.82) is 5.41 Å². The summed E-state index contributed by atoms with van der Waals surface area (Å²) in [6.45, 7) is 0.0124. The fraction of sp³-hybridized carbons (Fsp3) is 0.125. The Labute approximate surface area is 164 Å². The Bertz CT molecular complexity index is 878. The van der Waals surface area contributed by atoms with Gasteiger partial charge in [-0.15, -0.1) is 46.8 Å². The largest absolute Gasteiger partial charge is 0.392 e. The predicted octanol–water partition coefficient (Wildman–Crippen LogP) is 4.54. The molecule has 5 N–H and O–H groups in total. The quantitative estimate of drug-likeness (QED) is 0.271. The summed E-state index contributed by atoms with van der Waals surface area (Å²) in [6.07, 6.45) is 2.01. The zero-order chi connectivity index (χ0) is 17.1. The number of thiophene rings is 1. The molecule has 2 aromatic heterocycles. The van der Waals surface area contributed by atoms with Crippen molar-refractivity contribution in [3.05, 3.63) is 46.2 Å². The minimum atomic E-state index is 0. The van der Waals surface area contributed by atoms with E-state index in [0.717, 1.165) is 36.7 Å². The van der Waals surface area contributed by atoms with Crippen molar-refractivity contribution < 1.29 is 5.11 Å². The lowest BCUT2D eigenvalue weighted by molar-refractivity contribution is 0.282. The Hall–Kier alpha value is -1.58. The molecule has 0 atom stereocenters. The number of nitrogens with two attached hydrogens (primary N) is 1. The number of aliphatic hydroxyl groups is 1. The molecule has 0 bridgehead atoms. The highest BCUT2D eigenvalue weighted by atomic mass is 35.5. The van der Waals surface area contributed by atoms with Gasteiger partial charge in [0.2, 0.25) is 0 Å². The summed E-state index contributed by atoms with van der Waals surface area (Å²) in [6, 6.07) is 9.52. The lowest BCUT2D eigenvalue weighted by Crippen LogP contribution is -2.08. The normalized spacial score (nSPS) is 10.3. The van der Waals surface area contributed by atoms with E-state index in [1.807, 2.05) is 42.0 Å². The van der Waals surface area contributed by atoms with E-state index in [2.05, 4.69) is 10.3 Å². The van der Waals surface area contributed by atoms with E-state index in [1.54, 1.807) is 11.8 Å².